The third kappa shape index (κ3) is 2.77. The van der Waals surface area contributed by atoms with Crippen LogP contribution in [0.15, 0.2) is 30.3 Å². The van der Waals surface area contributed by atoms with E-state index in [1.54, 1.807) is 4.90 Å². The van der Waals surface area contributed by atoms with Crippen LogP contribution in [0.4, 0.5) is 0 Å². The first kappa shape index (κ1) is 16.5. The molecule has 1 unspecified atom stereocenters. The van der Waals surface area contributed by atoms with Crippen LogP contribution in [-0.2, 0) is 19.7 Å². The first-order valence-electron chi connectivity index (χ1n) is 8.47. The number of ether oxygens (including phenoxy) is 1. The van der Waals surface area contributed by atoms with Crippen molar-refractivity contribution >= 4 is 11.9 Å². The Hall–Kier alpha value is -2.35. The Balaban J connectivity index is 1.76. The van der Waals surface area contributed by atoms with Crippen LogP contribution in [0.3, 0.4) is 0 Å². The van der Waals surface area contributed by atoms with Gasteiger partial charge in [-0.05, 0) is 37.7 Å². The van der Waals surface area contributed by atoms with Gasteiger partial charge >= 0.3 is 5.97 Å². The van der Waals surface area contributed by atoms with E-state index in [1.807, 2.05) is 30.3 Å². The molecule has 1 aliphatic heterocycles. The lowest BCUT2D eigenvalue weighted by Gasteiger charge is -2.40. The normalized spacial score (nSPS) is 30.0. The van der Waals surface area contributed by atoms with E-state index < -0.39 is 11.5 Å². The first-order chi connectivity index (χ1) is 11.6. The summed E-state index contributed by atoms with van der Waals surface area (Å²) in [6.07, 6.45) is 3.82. The van der Waals surface area contributed by atoms with Gasteiger partial charge < -0.3 is 9.64 Å². The topological polar surface area (TPSA) is 70.4 Å². The van der Waals surface area contributed by atoms with Crippen molar-refractivity contribution in [3.63, 3.8) is 0 Å². The van der Waals surface area contributed by atoms with E-state index in [2.05, 4.69) is 6.07 Å². The molecule has 1 aliphatic carbocycles. The fourth-order valence-electron chi connectivity index (χ4n) is 4.12. The van der Waals surface area contributed by atoms with Crippen molar-refractivity contribution in [1.29, 1.82) is 5.26 Å². The minimum absolute atomic E-state index is 0.0225. The average molecular weight is 326 g/mol. The lowest BCUT2D eigenvalue weighted by Crippen LogP contribution is -2.49. The molecule has 1 heterocycles. The maximum Gasteiger partial charge on any atom is 0.328 e. The van der Waals surface area contributed by atoms with Crippen LogP contribution in [0.5, 0.6) is 0 Å². The van der Waals surface area contributed by atoms with E-state index in [0.29, 0.717) is 25.7 Å². The predicted molar refractivity (Wildman–Crippen MR) is 87.9 cm³/mol. The Morgan fingerprint density at radius 3 is 2.50 bits per heavy atom. The highest BCUT2D eigenvalue weighted by Gasteiger charge is 2.45. The SMILES string of the molecule is COC(=O)C1CCC(=O)N1C1CCC(C#N)(c2ccccc2)CC1. The van der Waals surface area contributed by atoms with E-state index >= 15 is 0 Å². The van der Waals surface area contributed by atoms with Crippen molar-refractivity contribution in [2.45, 2.75) is 56.0 Å². The monoisotopic (exact) mass is 326 g/mol. The molecule has 2 fully saturated rings. The number of hydrogen-bond donors (Lipinski definition) is 0. The van der Waals surface area contributed by atoms with Gasteiger partial charge in [-0.25, -0.2) is 4.79 Å². The molecule has 1 aromatic rings. The molecule has 0 bridgehead atoms. The summed E-state index contributed by atoms with van der Waals surface area (Å²) in [7, 11) is 1.36. The van der Waals surface area contributed by atoms with Crippen LogP contribution in [0.25, 0.3) is 0 Å². The van der Waals surface area contributed by atoms with Gasteiger partial charge in [0.05, 0.1) is 18.6 Å². The van der Waals surface area contributed by atoms with E-state index in [0.717, 1.165) is 18.4 Å². The Labute approximate surface area is 142 Å². The molecule has 0 N–H and O–H groups in total. The fourth-order valence-corrected chi connectivity index (χ4v) is 4.12. The highest BCUT2D eigenvalue weighted by atomic mass is 16.5. The molecule has 126 valence electrons. The summed E-state index contributed by atoms with van der Waals surface area (Å²) >= 11 is 0. The molecule has 24 heavy (non-hydrogen) atoms. The van der Waals surface area contributed by atoms with Crippen molar-refractivity contribution < 1.29 is 14.3 Å². The highest BCUT2D eigenvalue weighted by molar-refractivity contribution is 5.88. The Kier molecular flexibility index (Phi) is 4.57. The second-order valence-electron chi connectivity index (χ2n) is 6.67. The lowest BCUT2D eigenvalue weighted by atomic mass is 9.69. The number of rotatable bonds is 3. The predicted octanol–water partition coefficient (Wildman–Crippen LogP) is 2.55. The molecule has 0 radical (unpaired) electrons. The first-order valence-corrected chi connectivity index (χ1v) is 8.47. The number of benzene rings is 1. The molecule has 1 saturated carbocycles. The number of carbonyl (C=O) groups excluding carboxylic acids is 2. The van der Waals surface area contributed by atoms with E-state index in [9.17, 15) is 14.9 Å². The van der Waals surface area contributed by atoms with Crippen molar-refractivity contribution in [2.24, 2.45) is 0 Å². The number of methoxy groups -OCH3 is 1. The number of likely N-dealkylation sites (tertiary alicyclic amines) is 1. The van der Waals surface area contributed by atoms with Gasteiger partial charge in [-0.3, -0.25) is 4.79 Å². The summed E-state index contributed by atoms with van der Waals surface area (Å²) in [5.74, 6) is -0.305. The minimum Gasteiger partial charge on any atom is -0.467 e. The van der Waals surface area contributed by atoms with Crippen LogP contribution in [0.2, 0.25) is 0 Å². The molecular formula is C19H22N2O3. The molecular weight excluding hydrogens is 304 g/mol. The number of hydrogen-bond acceptors (Lipinski definition) is 4. The summed E-state index contributed by atoms with van der Waals surface area (Å²) in [5.41, 5.74) is 0.560. The van der Waals surface area contributed by atoms with Gasteiger partial charge in [0.15, 0.2) is 0 Å². The molecule has 1 saturated heterocycles. The molecule has 1 aromatic carbocycles. The second-order valence-corrected chi connectivity index (χ2v) is 6.67. The van der Waals surface area contributed by atoms with Crippen LogP contribution in [0.1, 0.15) is 44.1 Å². The van der Waals surface area contributed by atoms with Gasteiger partial charge in [0, 0.05) is 12.5 Å². The summed E-state index contributed by atoms with van der Waals surface area (Å²) in [5, 5.41) is 9.77. The Morgan fingerprint density at radius 1 is 1.25 bits per heavy atom. The fraction of sp³-hybridized carbons (Fsp3) is 0.526. The Morgan fingerprint density at radius 2 is 1.92 bits per heavy atom. The third-order valence-electron chi connectivity index (χ3n) is 5.47. The summed E-state index contributed by atoms with van der Waals surface area (Å²) in [4.78, 5) is 25.9. The van der Waals surface area contributed by atoms with Crippen molar-refractivity contribution in [1.82, 2.24) is 4.90 Å². The van der Waals surface area contributed by atoms with Gasteiger partial charge in [-0.1, -0.05) is 30.3 Å². The summed E-state index contributed by atoms with van der Waals surface area (Å²) in [6, 6.07) is 11.9. The molecule has 3 rings (SSSR count). The molecule has 5 nitrogen and oxygen atoms in total. The van der Waals surface area contributed by atoms with Gasteiger partial charge in [0.1, 0.15) is 6.04 Å². The molecule has 0 aromatic heterocycles. The van der Waals surface area contributed by atoms with E-state index in [-0.39, 0.29) is 17.9 Å². The van der Waals surface area contributed by atoms with Crippen LogP contribution in [0, 0.1) is 11.3 Å². The molecule has 2 aliphatic rings. The maximum atomic E-state index is 12.3. The zero-order chi connectivity index (χ0) is 17.2. The minimum atomic E-state index is -0.485. The number of nitriles is 1. The Bertz CT molecular complexity index is 657. The number of esters is 1. The van der Waals surface area contributed by atoms with Crippen LogP contribution < -0.4 is 0 Å². The molecule has 0 spiro atoms. The largest absolute Gasteiger partial charge is 0.467 e. The highest BCUT2D eigenvalue weighted by Crippen LogP contribution is 2.41. The quantitative estimate of drug-likeness (QED) is 0.800. The van der Waals surface area contributed by atoms with Crippen LogP contribution >= 0.6 is 0 Å². The number of amides is 1. The average Bonchev–Trinajstić information content (AvgIpc) is 3.03. The molecule has 5 heteroatoms. The summed E-state index contributed by atoms with van der Waals surface area (Å²) in [6.45, 7) is 0. The van der Waals surface area contributed by atoms with Gasteiger partial charge in [0.25, 0.3) is 0 Å². The van der Waals surface area contributed by atoms with E-state index in [1.165, 1.54) is 7.11 Å². The lowest BCUT2D eigenvalue weighted by molar-refractivity contribution is -0.151. The smallest absolute Gasteiger partial charge is 0.328 e. The molecule has 1 amide bonds. The van der Waals surface area contributed by atoms with Crippen molar-refractivity contribution in [2.75, 3.05) is 7.11 Å². The van der Waals surface area contributed by atoms with Crippen LogP contribution in [-0.4, -0.2) is 36.0 Å². The third-order valence-corrected chi connectivity index (χ3v) is 5.47. The zero-order valence-electron chi connectivity index (χ0n) is 13.9. The van der Waals surface area contributed by atoms with Crippen molar-refractivity contribution in [3.05, 3.63) is 35.9 Å². The van der Waals surface area contributed by atoms with Gasteiger partial charge in [0.2, 0.25) is 5.91 Å². The van der Waals surface area contributed by atoms with Gasteiger partial charge in [-0.15, -0.1) is 0 Å². The van der Waals surface area contributed by atoms with Crippen molar-refractivity contribution in [3.8, 4) is 6.07 Å². The van der Waals surface area contributed by atoms with E-state index in [4.69, 9.17) is 4.74 Å². The zero-order valence-corrected chi connectivity index (χ0v) is 13.9. The maximum absolute atomic E-state index is 12.3. The molecule has 1 atom stereocenters. The number of nitrogens with zero attached hydrogens (tertiary/aromatic N) is 2. The summed E-state index contributed by atoms with van der Waals surface area (Å²) < 4.78 is 4.85. The standard InChI is InChI=1S/C19H22N2O3/c1-24-18(23)16-7-8-17(22)21(16)15-9-11-19(13-20,12-10-15)14-5-3-2-4-6-14/h2-6,15-16H,7-12H2,1H3. The van der Waals surface area contributed by atoms with Gasteiger partial charge in [-0.2, -0.15) is 5.26 Å². The number of carbonyl (C=O) groups is 2. The second kappa shape index (κ2) is 6.64.